The maximum absolute atomic E-state index is 13.4. The minimum Gasteiger partial charge on any atom is -0.347 e. The summed E-state index contributed by atoms with van der Waals surface area (Å²) in [5.41, 5.74) is 5.65. The van der Waals surface area contributed by atoms with E-state index in [1.807, 2.05) is 67.8 Å². The van der Waals surface area contributed by atoms with E-state index in [-0.39, 0.29) is 5.91 Å². The zero-order valence-corrected chi connectivity index (χ0v) is 22.5. The number of nitrogens with one attached hydrogen (secondary N) is 1. The van der Waals surface area contributed by atoms with Gasteiger partial charge in [-0.15, -0.1) is 0 Å². The monoisotopic (exact) mass is 524 g/mol. The van der Waals surface area contributed by atoms with Crippen molar-refractivity contribution in [2.45, 2.75) is 32.5 Å². The van der Waals surface area contributed by atoms with Crippen LogP contribution in [0.5, 0.6) is 0 Å². The van der Waals surface area contributed by atoms with Gasteiger partial charge in [0.2, 0.25) is 0 Å². The fourth-order valence-corrected chi connectivity index (χ4v) is 4.84. The summed E-state index contributed by atoms with van der Waals surface area (Å²) in [4.78, 5) is 36.0. The highest BCUT2D eigenvalue weighted by Gasteiger charge is 2.19. The number of amides is 1. The van der Waals surface area contributed by atoms with Gasteiger partial charge in [-0.3, -0.25) is 9.78 Å². The molecule has 0 saturated carbocycles. The minimum absolute atomic E-state index is 0.247. The molecule has 1 amide bonds. The van der Waals surface area contributed by atoms with E-state index in [1.54, 1.807) is 30.4 Å². The zero-order chi connectivity index (χ0) is 26.7. The molecule has 1 heterocycles. The summed E-state index contributed by atoms with van der Waals surface area (Å²) in [5.74, 6) is 1.33. The summed E-state index contributed by atoms with van der Waals surface area (Å²) < 4.78 is 0. The Balaban J connectivity index is 1.69. The fraction of sp³-hybridized carbons (Fsp3) is 0.226. The van der Waals surface area contributed by atoms with Gasteiger partial charge in [-0.05, 0) is 65.3 Å². The third-order valence-corrected chi connectivity index (χ3v) is 6.98. The van der Waals surface area contributed by atoms with Crippen LogP contribution in [-0.4, -0.2) is 40.2 Å². The number of hydrogen-bond donors (Lipinski definition) is 1. The molecule has 4 rings (SSSR count). The molecule has 1 N–H and O–H groups in total. The van der Waals surface area contributed by atoms with Gasteiger partial charge in [-0.25, -0.2) is 4.98 Å². The van der Waals surface area contributed by atoms with Crippen molar-refractivity contribution in [3.63, 3.8) is 0 Å². The lowest BCUT2D eigenvalue weighted by atomic mass is 9.93. The molecule has 0 aliphatic heterocycles. The number of thioether (sulfide) groups is 1. The summed E-state index contributed by atoms with van der Waals surface area (Å²) in [6.45, 7) is 3.29. The molecular formula is C31H32N4O2S. The van der Waals surface area contributed by atoms with Crippen LogP contribution in [0.2, 0.25) is 0 Å². The van der Waals surface area contributed by atoms with Crippen LogP contribution < -0.4 is 10.2 Å². The molecule has 0 aliphatic carbocycles. The highest BCUT2D eigenvalue weighted by Crippen LogP contribution is 2.29. The van der Waals surface area contributed by atoms with Gasteiger partial charge in [0.25, 0.3) is 5.91 Å². The summed E-state index contributed by atoms with van der Waals surface area (Å²) in [7, 11) is 0. The van der Waals surface area contributed by atoms with Crippen molar-refractivity contribution in [3.8, 4) is 11.1 Å². The van der Waals surface area contributed by atoms with E-state index in [4.69, 9.17) is 0 Å². The Bertz CT molecular complexity index is 1350. The van der Waals surface area contributed by atoms with Gasteiger partial charge >= 0.3 is 0 Å². The van der Waals surface area contributed by atoms with Crippen molar-refractivity contribution < 1.29 is 9.59 Å². The predicted molar refractivity (Wildman–Crippen MR) is 155 cm³/mol. The van der Waals surface area contributed by atoms with Crippen LogP contribution in [0.25, 0.3) is 11.1 Å². The van der Waals surface area contributed by atoms with E-state index in [0.29, 0.717) is 25.1 Å². The second-order valence-corrected chi connectivity index (χ2v) is 10.1. The lowest BCUT2D eigenvalue weighted by Crippen LogP contribution is -2.36. The van der Waals surface area contributed by atoms with Crippen LogP contribution >= 0.6 is 11.8 Å². The Morgan fingerprint density at radius 3 is 2.45 bits per heavy atom. The SMILES string of the molecule is CSCCC(C=O)NC(=O)c1ccc(CN(Cc2ccccc2)c2cnccn2)cc1-c1ccccc1C. The summed E-state index contributed by atoms with van der Waals surface area (Å²) in [6, 6.07) is 23.7. The van der Waals surface area contributed by atoms with E-state index in [1.165, 1.54) is 5.56 Å². The number of aromatic nitrogens is 2. The van der Waals surface area contributed by atoms with Crippen molar-refractivity contribution in [1.29, 1.82) is 0 Å². The summed E-state index contributed by atoms with van der Waals surface area (Å²) >= 11 is 1.65. The number of benzene rings is 3. The second-order valence-electron chi connectivity index (χ2n) is 9.10. The molecule has 4 aromatic rings. The van der Waals surface area contributed by atoms with Crippen molar-refractivity contribution in [1.82, 2.24) is 15.3 Å². The van der Waals surface area contributed by atoms with Crippen molar-refractivity contribution >= 4 is 29.8 Å². The quantitative estimate of drug-likeness (QED) is 0.239. The molecule has 7 heteroatoms. The largest absolute Gasteiger partial charge is 0.347 e. The van der Waals surface area contributed by atoms with Gasteiger partial charge in [0, 0.05) is 31.0 Å². The third kappa shape index (κ3) is 7.07. The maximum atomic E-state index is 13.4. The maximum Gasteiger partial charge on any atom is 0.252 e. The first-order valence-electron chi connectivity index (χ1n) is 12.6. The number of rotatable bonds is 12. The summed E-state index contributed by atoms with van der Waals surface area (Å²) in [6.07, 6.45) is 8.53. The fourth-order valence-electron chi connectivity index (χ4n) is 4.35. The lowest BCUT2D eigenvalue weighted by molar-refractivity contribution is -0.109. The Kier molecular flexibility index (Phi) is 9.65. The van der Waals surface area contributed by atoms with Crippen molar-refractivity contribution in [2.75, 3.05) is 16.9 Å². The lowest BCUT2D eigenvalue weighted by Gasteiger charge is -2.24. The number of carbonyl (C=O) groups is 2. The number of anilines is 1. The molecule has 0 radical (unpaired) electrons. The molecule has 0 saturated heterocycles. The van der Waals surface area contributed by atoms with E-state index in [2.05, 4.69) is 38.4 Å². The van der Waals surface area contributed by atoms with Gasteiger partial charge in [0.05, 0.1) is 12.2 Å². The number of hydrogen-bond acceptors (Lipinski definition) is 6. The molecule has 3 aromatic carbocycles. The van der Waals surface area contributed by atoms with Crippen molar-refractivity contribution in [2.24, 2.45) is 0 Å². The molecule has 38 heavy (non-hydrogen) atoms. The average Bonchev–Trinajstić information content (AvgIpc) is 2.96. The molecule has 0 fully saturated rings. The van der Waals surface area contributed by atoms with E-state index >= 15 is 0 Å². The Hall–Kier alpha value is -3.97. The molecule has 0 spiro atoms. The predicted octanol–water partition coefficient (Wildman–Crippen LogP) is 5.71. The van der Waals surface area contributed by atoms with Gasteiger partial charge in [0.15, 0.2) is 0 Å². The number of carbonyl (C=O) groups excluding carboxylic acids is 2. The van der Waals surface area contributed by atoms with Gasteiger partial charge in [-0.2, -0.15) is 11.8 Å². The van der Waals surface area contributed by atoms with Crippen molar-refractivity contribution in [3.05, 3.63) is 114 Å². The van der Waals surface area contributed by atoms with Gasteiger partial charge < -0.3 is 15.0 Å². The van der Waals surface area contributed by atoms with E-state index in [9.17, 15) is 9.59 Å². The highest BCUT2D eigenvalue weighted by molar-refractivity contribution is 7.98. The van der Waals surface area contributed by atoms with Gasteiger partial charge in [-0.1, -0.05) is 60.7 Å². The molecule has 6 nitrogen and oxygen atoms in total. The Labute approximate surface area is 228 Å². The van der Waals surface area contributed by atoms with Crippen LogP contribution in [0, 0.1) is 6.92 Å². The van der Waals surface area contributed by atoms with Crippen LogP contribution in [0.15, 0.2) is 91.4 Å². The topological polar surface area (TPSA) is 75.2 Å². The molecule has 1 unspecified atom stereocenters. The summed E-state index contributed by atoms with van der Waals surface area (Å²) in [5, 5.41) is 2.92. The highest BCUT2D eigenvalue weighted by atomic mass is 32.2. The Morgan fingerprint density at radius 2 is 1.74 bits per heavy atom. The van der Waals surface area contributed by atoms with Crippen LogP contribution in [-0.2, 0) is 17.9 Å². The van der Waals surface area contributed by atoms with E-state index < -0.39 is 6.04 Å². The number of nitrogens with zero attached hydrogens (tertiary/aromatic N) is 3. The second kappa shape index (κ2) is 13.5. The van der Waals surface area contributed by atoms with E-state index in [0.717, 1.165) is 40.1 Å². The van der Waals surface area contributed by atoms with Crippen LogP contribution in [0.4, 0.5) is 5.82 Å². The molecule has 0 bridgehead atoms. The number of aldehydes is 1. The van der Waals surface area contributed by atoms with Crippen LogP contribution in [0.1, 0.15) is 33.5 Å². The molecule has 194 valence electrons. The molecular weight excluding hydrogens is 492 g/mol. The van der Waals surface area contributed by atoms with Crippen LogP contribution in [0.3, 0.4) is 0 Å². The zero-order valence-electron chi connectivity index (χ0n) is 21.7. The smallest absolute Gasteiger partial charge is 0.252 e. The Morgan fingerprint density at radius 1 is 0.974 bits per heavy atom. The third-order valence-electron chi connectivity index (χ3n) is 6.34. The first-order chi connectivity index (χ1) is 18.6. The molecule has 1 aromatic heterocycles. The first-order valence-corrected chi connectivity index (χ1v) is 14.0. The molecule has 1 atom stereocenters. The minimum atomic E-state index is -0.516. The first kappa shape index (κ1) is 27.1. The normalized spacial score (nSPS) is 11.5. The average molecular weight is 525 g/mol. The standard InChI is InChI=1S/C31H32N4O2S/c1-23-8-6-7-11-27(23)29-18-25(12-13-28(29)31(37)34-26(22-36)14-17-38-2)21-35(30-19-32-15-16-33-30)20-24-9-4-3-5-10-24/h3-13,15-16,18-19,22,26H,14,17,20-21H2,1-2H3,(H,34,37). The molecule has 0 aliphatic rings. The number of aryl methyl sites for hydroxylation is 1. The van der Waals surface area contributed by atoms with Gasteiger partial charge in [0.1, 0.15) is 12.1 Å².